The van der Waals surface area contributed by atoms with Gasteiger partial charge in [-0.3, -0.25) is 14.4 Å². The Kier molecular flexibility index (Phi) is 4.44. The van der Waals surface area contributed by atoms with Crippen LogP contribution in [0.3, 0.4) is 0 Å². The molecule has 0 bridgehead atoms. The maximum absolute atomic E-state index is 11.1. The number of carbonyl (C=O) groups is 3. The van der Waals surface area contributed by atoms with E-state index in [1.165, 1.54) is 26.0 Å². The van der Waals surface area contributed by atoms with Crippen molar-refractivity contribution in [3.8, 4) is 11.5 Å². The molecule has 1 aromatic carbocycles. The number of carbonyl (C=O) groups excluding carboxylic acids is 3. The van der Waals surface area contributed by atoms with E-state index in [1.54, 1.807) is 6.92 Å². The molecule has 0 atom stereocenters. The highest BCUT2D eigenvalue weighted by Crippen LogP contribution is 2.33. The Morgan fingerprint density at radius 1 is 1.06 bits per heavy atom. The summed E-state index contributed by atoms with van der Waals surface area (Å²) >= 11 is 5.35. The van der Waals surface area contributed by atoms with Gasteiger partial charge in [0.1, 0.15) is 0 Å². The van der Waals surface area contributed by atoms with Gasteiger partial charge in [-0.2, -0.15) is 0 Å². The van der Waals surface area contributed by atoms with Crippen LogP contribution in [-0.2, 0) is 9.59 Å². The Hall–Kier alpha value is -1.88. The van der Waals surface area contributed by atoms with E-state index in [-0.39, 0.29) is 17.1 Å². The fourth-order valence-electron chi connectivity index (χ4n) is 1.36. The van der Waals surface area contributed by atoms with Gasteiger partial charge in [0.05, 0.1) is 0 Å². The van der Waals surface area contributed by atoms with Gasteiger partial charge in [0.25, 0.3) is 5.24 Å². The topological polar surface area (TPSA) is 69.7 Å². The smallest absolute Gasteiger partial charge is 0.308 e. The first kappa shape index (κ1) is 14.2. The summed E-state index contributed by atoms with van der Waals surface area (Å²) in [7, 11) is 0. The number of ether oxygens (including phenoxy) is 2. The summed E-state index contributed by atoms with van der Waals surface area (Å²) in [5.41, 5.74) is 0.620. The van der Waals surface area contributed by atoms with Crippen LogP contribution >= 0.6 is 11.6 Å². The zero-order valence-electron chi connectivity index (χ0n) is 10.1. The summed E-state index contributed by atoms with van der Waals surface area (Å²) in [5, 5.41) is -0.694. The fourth-order valence-corrected chi connectivity index (χ4v) is 1.47. The Labute approximate surface area is 109 Å². The molecule has 0 aliphatic carbocycles. The monoisotopic (exact) mass is 270 g/mol. The molecule has 0 radical (unpaired) electrons. The zero-order chi connectivity index (χ0) is 13.9. The Bertz CT molecular complexity index is 521. The number of halogens is 1. The molecular weight excluding hydrogens is 260 g/mol. The molecular formula is C12H11ClO5. The third-order valence-electron chi connectivity index (χ3n) is 1.97. The molecule has 0 fully saturated rings. The average molecular weight is 271 g/mol. The van der Waals surface area contributed by atoms with Crippen molar-refractivity contribution in [1.29, 1.82) is 0 Å². The van der Waals surface area contributed by atoms with Crippen LogP contribution in [0.2, 0.25) is 0 Å². The van der Waals surface area contributed by atoms with Crippen LogP contribution in [-0.4, -0.2) is 17.2 Å². The van der Waals surface area contributed by atoms with Crippen molar-refractivity contribution in [2.45, 2.75) is 20.8 Å². The molecule has 0 amide bonds. The van der Waals surface area contributed by atoms with E-state index in [0.717, 1.165) is 0 Å². The molecule has 0 aliphatic rings. The molecule has 0 N–H and O–H groups in total. The summed E-state index contributed by atoms with van der Waals surface area (Å²) in [6, 6.07) is 2.70. The van der Waals surface area contributed by atoms with E-state index in [0.29, 0.717) is 5.56 Å². The molecule has 0 unspecified atom stereocenters. The molecule has 1 aromatic rings. The number of hydrogen-bond acceptors (Lipinski definition) is 5. The van der Waals surface area contributed by atoms with E-state index in [9.17, 15) is 14.4 Å². The van der Waals surface area contributed by atoms with Crippen LogP contribution in [0.1, 0.15) is 29.8 Å². The number of rotatable bonds is 3. The Morgan fingerprint density at radius 2 is 1.61 bits per heavy atom. The summed E-state index contributed by atoms with van der Waals surface area (Å²) in [5.74, 6) is -1.07. The van der Waals surface area contributed by atoms with E-state index in [1.807, 2.05) is 0 Å². The van der Waals surface area contributed by atoms with Gasteiger partial charge in [0.2, 0.25) is 0 Å². The molecule has 5 nitrogen and oxygen atoms in total. The SMILES string of the molecule is CC(=O)Oc1cc(C(=O)Cl)cc(C)c1OC(C)=O. The van der Waals surface area contributed by atoms with Crippen LogP contribution in [0.15, 0.2) is 12.1 Å². The molecule has 18 heavy (non-hydrogen) atoms. The molecule has 0 spiro atoms. The predicted molar refractivity (Wildman–Crippen MR) is 64.0 cm³/mol. The van der Waals surface area contributed by atoms with E-state index < -0.39 is 17.2 Å². The van der Waals surface area contributed by atoms with Gasteiger partial charge in [-0.15, -0.1) is 0 Å². The molecule has 1 rings (SSSR count). The number of benzene rings is 1. The average Bonchev–Trinajstić information content (AvgIpc) is 2.21. The molecule has 0 heterocycles. The molecule has 96 valence electrons. The fraction of sp³-hybridized carbons (Fsp3) is 0.250. The largest absolute Gasteiger partial charge is 0.423 e. The van der Waals surface area contributed by atoms with E-state index in [4.69, 9.17) is 21.1 Å². The second-order valence-corrected chi connectivity index (χ2v) is 3.92. The second kappa shape index (κ2) is 5.64. The molecule has 0 aromatic heterocycles. The van der Waals surface area contributed by atoms with Crippen molar-refractivity contribution < 1.29 is 23.9 Å². The standard InChI is InChI=1S/C12H11ClO5/c1-6-4-9(12(13)16)5-10(17-7(2)14)11(6)18-8(3)15/h4-5H,1-3H3. The number of esters is 2. The lowest BCUT2D eigenvalue weighted by Crippen LogP contribution is -2.09. The van der Waals surface area contributed by atoms with Crippen LogP contribution in [0, 0.1) is 6.92 Å². The van der Waals surface area contributed by atoms with E-state index >= 15 is 0 Å². The maximum atomic E-state index is 11.1. The first-order valence-electron chi connectivity index (χ1n) is 5.02. The first-order chi connectivity index (χ1) is 8.31. The molecule has 6 heteroatoms. The summed E-state index contributed by atoms with van der Waals surface area (Å²) in [4.78, 5) is 33.0. The van der Waals surface area contributed by atoms with Gasteiger partial charge in [0, 0.05) is 19.4 Å². The Balaban J connectivity index is 3.33. The van der Waals surface area contributed by atoms with Crippen LogP contribution < -0.4 is 9.47 Å². The van der Waals surface area contributed by atoms with Gasteiger partial charge in [-0.05, 0) is 36.2 Å². The second-order valence-electron chi connectivity index (χ2n) is 3.58. The van der Waals surface area contributed by atoms with Crippen molar-refractivity contribution in [1.82, 2.24) is 0 Å². The lowest BCUT2D eigenvalue weighted by Gasteiger charge is -2.12. The zero-order valence-corrected chi connectivity index (χ0v) is 10.8. The predicted octanol–water partition coefficient (Wildman–Crippen LogP) is 2.22. The Morgan fingerprint density at radius 3 is 2.06 bits per heavy atom. The first-order valence-corrected chi connectivity index (χ1v) is 5.40. The van der Waals surface area contributed by atoms with Gasteiger partial charge in [0.15, 0.2) is 11.5 Å². The number of aryl methyl sites for hydroxylation is 1. The minimum atomic E-state index is -0.694. The third-order valence-corrected chi connectivity index (χ3v) is 2.19. The van der Waals surface area contributed by atoms with E-state index in [2.05, 4.69) is 0 Å². The highest BCUT2D eigenvalue weighted by molar-refractivity contribution is 6.67. The molecule has 0 saturated carbocycles. The summed E-state index contributed by atoms with van der Waals surface area (Å²) in [6.45, 7) is 4.02. The minimum Gasteiger partial charge on any atom is -0.423 e. The van der Waals surface area contributed by atoms with Crippen molar-refractivity contribution in [3.63, 3.8) is 0 Å². The van der Waals surface area contributed by atoms with Crippen LogP contribution in [0.5, 0.6) is 11.5 Å². The van der Waals surface area contributed by atoms with Gasteiger partial charge < -0.3 is 9.47 Å². The summed E-state index contributed by atoms with van der Waals surface area (Å²) < 4.78 is 9.83. The van der Waals surface area contributed by atoms with Crippen molar-refractivity contribution in [3.05, 3.63) is 23.3 Å². The number of hydrogen-bond donors (Lipinski definition) is 0. The van der Waals surface area contributed by atoms with Crippen molar-refractivity contribution in [2.75, 3.05) is 0 Å². The third kappa shape index (κ3) is 3.56. The summed E-state index contributed by atoms with van der Waals surface area (Å²) in [6.07, 6.45) is 0. The van der Waals surface area contributed by atoms with Crippen molar-refractivity contribution in [2.24, 2.45) is 0 Å². The highest BCUT2D eigenvalue weighted by atomic mass is 35.5. The van der Waals surface area contributed by atoms with Gasteiger partial charge in [-0.1, -0.05) is 0 Å². The van der Waals surface area contributed by atoms with Gasteiger partial charge >= 0.3 is 11.9 Å². The van der Waals surface area contributed by atoms with Crippen LogP contribution in [0.4, 0.5) is 0 Å². The lowest BCUT2D eigenvalue weighted by atomic mass is 10.1. The maximum Gasteiger partial charge on any atom is 0.308 e. The normalized spacial score (nSPS) is 9.78. The minimum absolute atomic E-state index is 0.0123. The highest BCUT2D eigenvalue weighted by Gasteiger charge is 2.16. The van der Waals surface area contributed by atoms with Crippen LogP contribution in [0.25, 0.3) is 0 Å². The van der Waals surface area contributed by atoms with Gasteiger partial charge in [-0.25, -0.2) is 0 Å². The molecule has 0 aliphatic heterocycles. The van der Waals surface area contributed by atoms with Crippen molar-refractivity contribution >= 4 is 28.8 Å². The molecule has 0 saturated heterocycles. The quantitative estimate of drug-likeness (QED) is 0.478. The lowest BCUT2D eigenvalue weighted by molar-refractivity contribution is -0.134.